The van der Waals surface area contributed by atoms with Crippen LogP contribution in [0.3, 0.4) is 0 Å². The summed E-state index contributed by atoms with van der Waals surface area (Å²) in [6.07, 6.45) is 4.61. The Morgan fingerprint density at radius 3 is 2.67 bits per heavy atom. The summed E-state index contributed by atoms with van der Waals surface area (Å²) >= 11 is 3.20. The van der Waals surface area contributed by atoms with Gasteiger partial charge in [0.1, 0.15) is 5.82 Å². The first-order chi connectivity index (χ1) is 9.76. The third kappa shape index (κ3) is 5.65. The van der Waals surface area contributed by atoms with Gasteiger partial charge in [0.05, 0.1) is 11.3 Å². The maximum absolute atomic E-state index is 13.3. The fourth-order valence-corrected chi connectivity index (χ4v) is 2.59. The standard InChI is InChI=1S/C16H24BrFN2O/c1-4-5-6-7-16(2,3)10-20-15(21)11-8-14(19)13(18)9-12(11)17/h8-9H,4-7,10,19H2,1-3H3,(H,20,21). The fraction of sp³-hybridized carbons (Fsp3) is 0.562. The molecule has 0 radical (unpaired) electrons. The molecule has 0 aromatic heterocycles. The summed E-state index contributed by atoms with van der Waals surface area (Å²) in [4.78, 5) is 12.2. The van der Waals surface area contributed by atoms with Crippen molar-refractivity contribution in [2.75, 3.05) is 12.3 Å². The van der Waals surface area contributed by atoms with Gasteiger partial charge in [-0.2, -0.15) is 0 Å². The van der Waals surface area contributed by atoms with Crippen molar-refractivity contribution in [2.24, 2.45) is 5.41 Å². The van der Waals surface area contributed by atoms with E-state index in [2.05, 4.69) is 42.0 Å². The van der Waals surface area contributed by atoms with Crippen molar-refractivity contribution in [3.63, 3.8) is 0 Å². The highest BCUT2D eigenvalue weighted by atomic mass is 79.9. The van der Waals surface area contributed by atoms with Crippen molar-refractivity contribution in [1.82, 2.24) is 5.32 Å². The number of hydrogen-bond acceptors (Lipinski definition) is 2. The van der Waals surface area contributed by atoms with Gasteiger partial charge in [-0.25, -0.2) is 4.39 Å². The number of halogens is 2. The van der Waals surface area contributed by atoms with Gasteiger partial charge >= 0.3 is 0 Å². The second-order valence-electron chi connectivity index (χ2n) is 6.16. The van der Waals surface area contributed by atoms with E-state index in [1.165, 1.54) is 25.0 Å². The monoisotopic (exact) mass is 358 g/mol. The molecule has 0 atom stereocenters. The molecule has 21 heavy (non-hydrogen) atoms. The van der Waals surface area contributed by atoms with E-state index in [0.717, 1.165) is 12.8 Å². The van der Waals surface area contributed by atoms with Crippen LogP contribution in [-0.2, 0) is 0 Å². The zero-order chi connectivity index (χ0) is 16.0. The Kier molecular flexibility index (Phi) is 6.65. The average molecular weight is 359 g/mol. The summed E-state index contributed by atoms with van der Waals surface area (Å²) in [6.45, 7) is 7.03. The van der Waals surface area contributed by atoms with E-state index in [1.807, 2.05) is 0 Å². The molecule has 1 amide bonds. The van der Waals surface area contributed by atoms with Crippen molar-refractivity contribution in [1.29, 1.82) is 0 Å². The van der Waals surface area contributed by atoms with Gasteiger partial charge in [0.25, 0.3) is 5.91 Å². The first-order valence-corrected chi connectivity index (χ1v) is 8.09. The van der Waals surface area contributed by atoms with Gasteiger partial charge in [-0.3, -0.25) is 4.79 Å². The van der Waals surface area contributed by atoms with Gasteiger partial charge in [-0.05, 0) is 39.9 Å². The number of carbonyl (C=O) groups is 1. The lowest BCUT2D eigenvalue weighted by Crippen LogP contribution is -2.34. The van der Waals surface area contributed by atoms with Crippen LogP contribution in [0.1, 0.15) is 56.8 Å². The molecule has 1 aromatic carbocycles. The molecular weight excluding hydrogens is 335 g/mol. The highest BCUT2D eigenvalue weighted by Gasteiger charge is 2.20. The molecule has 0 heterocycles. The van der Waals surface area contributed by atoms with Crippen LogP contribution in [-0.4, -0.2) is 12.5 Å². The van der Waals surface area contributed by atoms with Crippen molar-refractivity contribution < 1.29 is 9.18 Å². The average Bonchev–Trinajstić information content (AvgIpc) is 2.40. The quantitative estimate of drug-likeness (QED) is 0.556. The normalized spacial score (nSPS) is 11.5. The van der Waals surface area contributed by atoms with Crippen molar-refractivity contribution in [2.45, 2.75) is 46.5 Å². The maximum Gasteiger partial charge on any atom is 0.252 e. The third-order valence-electron chi connectivity index (χ3n) is 3.52. The van der Waals surface area contributed by atoms with Gasteiger partial charge in [0.2, 0.25) is 0 Å². The summed E-state index contributed by atoms with van der Waals surface area (Å²) < 4.78 is 13.7. The molecule has 118 valence electrons. The Balaban J connectivity index is 2.63. The van der Waals surface area contributed by atoms with Crippen LogP contribution in [0.2, 0.25) is 0 Å². The largest absolute Gasteiger partial charge is 0.396 e. The molecule has 1 rings (SSSR count). The smallest absolute Gasteiger partial charge is 0.252 e. The van der Waals surface area contributed by atoms with Crippen molar-refractivity contribution in [3.05, 3.63) is 28.0 Å². The number of rotatable bonds is 7. The lowest BCUT2D eigenvalue weighted by Gasteiger charge is -2.25. The number of nitrogen functional groups attached to an aromatic ring is 1. The van der Waals surface area contributed by atoms with E-state index in [0.29, 0.717) is 16.6 Å². The summed E-state index contributed by atoms with van der Waals surface area (Å²) in [6, 6.07) is 2.58. The Morgan fingerprint density at radius 1 is 1.38 bits per heavy atom. The highest BCUT2D eigenvalue weighted by molar-refractivity contribution is 9.10. The topological polar surface area (TPSA) is 55.1 Å². The van der Waals surface area contributed by atoms with E-state index < -0.39 is 5.82 Å². The van der Waals surface area contributed by atoms with E-state index >= 15 is 0 Å². The number of hydrogen-bond donors (Lipinski definition) is 2. The molecule has 0 fully saturated rings. The number of anilines is 1. The van der Waals surface area contributed by atoms with Gasteiger partial charge in [0.15, 0.2) is 0 Å². The molecule has 1 aromatic rings. The zero-order valence-electron chi connectivity index (χ0n) is 12.9. The number of nitrogens with two attached hydrogens (primary N) is 1. The molecule has 3 nitrogen and oxygen atoms in total. The molecule has 0 bridgehead atoms. The number of carbonyl (C=O) groups excluding carboxylic acids is 1. The molecule has 5 heteroatoms. The predicted octanol–water partition coefficient (Wildman–Crippen LogP) is 4.51. The van der Waals surface area contributed by atoms with Crippen molar-refractivity contribution in [3.8, 4) is 0 Å². The lowest BCUT2D eigenvalue weighted by atomic mass is 9.87. The van der Waals surface area contributed by atoms with Crippen LogP contribution in [0.4, 0.5) is 10.1 Å². The number of nitrogens with one attached hydrogen (secondary N) is 1. The summed E-state index contributed by atoms with van der Waals surface area (Å²) in [5, 5.41) is 2.91. The van der Waals surface area contributed by atoms with E-state index in [4.69, 9.17) is 5.73 Å². The second kappa shape index (κ2) is 7.78. The highest BCUT2D eigenvalue weighted by Crippen LogP contribution is 2.25. The fourth-order valence-electron chi connectivity index (χ4n) is 2.10. The number of amides is 1. The van der Waals surface area contributed by atoms with E-state index in [1.54, 1.807) is 0 Å². The molecule has 3 N–H and O–H groups in total. The van der Waals surface area contributed by atoms with E-state index in [-0.39, 0.29) is 17.0 Å². The minimum absolute atomic E-state index is 0.0226. The van der Waals surface area contributed by atoms with Crippen LogP contribution in [0.25, 0.3) is 0 Å². The Hall–Kier alpha value is -1.10. The van der Waals surface area contributed by atoms with Crippen molar-refractivity contribution >= 4 is 27.5 Å². The first-order valence-electron chi connectivity index (χ1n) is 7.29. The second-order valence-corrected chi connectivity index (χ2v) is 7.01. The van der Waals surface area contributed by atoms with E-state index in [9.17, 15) is 9.18 Å². The molecule has 0 spiro atoms. The zero-order valence-corrected chi connectivity index (χ0v) is 14.5. The molecular formula is C16H24BrFN2O. The van der Waals surface area contributed by atoms with Gasteiger partial charge < -0.3 is 11.1 Å². The molecule has 0 saturated carbocycles. The summed E-state index contributed by atoms with van der Waals surface area (Å²) in [7, 11) is 0. The molecule has 0 unspecified atom stereocenters. The molecule has 0 aliphatic rings. The minimum atomic E-state index is -0.529. The SMILES string of the molecule is CCCCCC(C)(C)CNC(=O)c1cc(N)c(F)cc1Br. The Bertz CT molecular complexity index is 503. The summed E-state index contributed by atoms with van der Waals surface area (Å²) in [5.41, 5.74) is 5.90. The first kappa shape index (κ1) is 18.0. The van der Waals surface area contributed by atoms with Crippen LogP contribution < -0.4 is 11.1 Å². The maximum atomic E-state index is 13.3. The number of unbranched alkanes of at least 4 members (excludes halogenated alkanes) is 2. The van der Waals surface area contributed by atoms with Gasteiger partial charge in [-0.1, -0.05) is 40.0 Å². The predicted molar refractivity (Wildman–Crippen MR) is 88.8 cm³/mol. The van der Waals surface area contributed by atoms with Crippen LogP contribution in [0.15, 0.2) is 16.6 Å². The Morgan fingerprint density at radius 2 is 2.05 bits per heavy atom. The summed E-state index contributed by atoms with van der Waals surface area (Å²) in [5.74, 6) is -0.768. The molecule has 0 saturated heterocycles. The van der Waals surface area contributed by atoms with Crippen LogP contribution in [0, 0.1) is 11.2 Å². The molecule has 0 aliphatic heterocycles. The lowest BCUT2D eigenvalue weighted by molar-refractivity contribution is 0.0933. The molecule has 0 aliphatic carbocycles. The van der Waals surface area contributed by atoms with Gasteiger partial charge in [0, 0.05) is 11.0 Å². The third-order valence-corrected chi connectivity index (χ3v) is 4.17. The van der Waals surface area contributed by atoms with Crippen LogP contribution >= 0.6 is 15.9 Å². The minimum Gasteiger partial charge on any atom is -0.396 e. The Labute approximate surface area is 134 Å². The number of benzene rings is 1. The van der Waals surface area contributed by atoms with Crippen LogP contribution in [0.5, 0.6) is 0 Å². The van der Waals surface area contributed by atoms with Gasteiger partial charge in [-0.15, -0.1) is 0 Å².